The molecule has 0 aliphatic carbocycles. The van der Waals surface area contributed by atoms with E-state index >= 15 is 0 Å². The molecule has 0 saturated carbocycles. The average molecular weight is 178 g/mol. The van der Waals surface area contributed by atoms with Crippen molar-refractivity contribution in [3.05, 3.63) is 30.3 Å². The van der Waals surface area contributed by atoms with Gasteiger partial charge in [-0.15, -0.1) is 0 Å². The first kappa shape index (κ1) is 9.48. The largest absolute Gasteiger partial charge is 0.335 e. The molecule has 1 aromatic rings. The summed E-state index contributed by atoms with van der Waals surface area (Å²) in [5.41, 5.74) is 0. The Bertz CT molecular complexity index is 210. The zero-order chi connectivity index (χ0) is 8.81. The van der Waals surface area contributed by atoms with Crippen molar-refractivity contribution < 1.29 is 0 Å². The van der Waals surface area contributed by atoms with E-state index in [0.29, 0.717) is 0 Å². The zero-order valence-corrected chi connectivity index (χ0v) is 8.80. The molecule has 0 aliphatic heterocycles. The van der Waals surface area contributed by atoms with E-state index in [2.05, 4.69) is 48.8 Å². The Morgan fingerprint density at radius 2 is 1.92 bits per heavy atom. The molecule has 1 nitrogen and oxygen atoms in total. The third kappa shape index (κ3) is 2.79. The molecular weight excluding hydrogens is 162 g/mol. The summed E-state index contributed by atoms with van der Waals surface area (Å²) in [6.45, 7) is 5.64. The third-order valence-electron chi connectivity index (χ3n) is 1.85. The molecule has 0 amide bonds. The third-order valence-corrected chi connectivity index (χ3v) is 3.83. The predicted molar refractivity (Wildman–Crippen MR) is 56.0 cm³/mol. The van der Waals surface area contributed by atoms with E-state index in [4.69, 9.17) is 0 Å². The molecule has 2 heteroatoms. The summed E-state index contributed by atoms with van der Waals surface area (Å²) >= 11 is 0. The lowest BCUT2D eigenvalue weighted by Gasteiger charge is -2.10. The second-order valence-corrected chi connectivity index (χ2v) is 5.10. The van der Waals surface area contributed by atoms with Crippen LogP contribution in [-0.2, 0) is 0 Å². The summed E-state index contributed by atoms with van der Waals surface area (Å²) in [5.74, 6) is 0. The quantitative estimate of drug-likeness (QED) is 0.689. The van der Waals surface area contributed by atoms with Gasteiger partial charge in [-0.2, -0.15) is 0 Å². The first-order valence-corrected chi connectivity index (χ1v) is 6.47. The number of rotatable bonds is 4. The lowest BCUT2D eigenvalue weighted by atomic mass is 10.4. The van der Waals surface area contributed by atoms with E-state index in [9.17, 15) is 0 Å². The van der Waals surface area contributed by atoms with Crippen LogP contribution < -0.4 is 10.2 Å². The summed E-state index contributed by atoms with van der Waals surface area (Å²) in [5, 5.41) is 1.47. The second-order valence-electron chi connectivity index (χ2n) is 2.92. The number of benzene rings is 1. The van der Waals surface area contributed by atoms with Crippen molar-refractivity contribution in [1.29, 1.82) is 0 Å². The van der Waals surface area contributed by atoms with Gasteiger partial charge in [-0.25, -0.2) is 0 Å². The maximum atomic E-state index is 3.55. The number of hydrogen-bond donors (Lipinski definition) is 1. The maximum Gasteiger partial charge on any atom is 0.166 e. The molecule has 12 heavy (non-hydrogen) atoms. The van der Waals surface area contributed by atoms with Gasteiger partial charge >= 0.3 is 0 Å². The average Bonchev–Trinajstić information content (AvgIpc) is 2.15. The fraction of sp³-hybridized carbons (Fsp3) is 0.400. The van der Waals surface area contributed by atoms with Gasteiger partial charge in [0.2, 0.25) is 0 Å². The van der Waals surface area contributed by atoms with Gasteiger partial charge in [-0.1, -0.05) is 43.8 Å². The van der Waals surface area contributed by atoms with Gasteiger partial charge in [0.05, 0.1) is 0 Å². The molecule has 0 unspecified atom stereocenters. The van der Waals surface area contributed by atoms with E-state index in [1.165, 1.54) is 11.6 Å². The van der Waals surface area contributed by atoms with Crippen molar-refractivity contribution in [3.63, 3.8) is 0 Å². The normalized spacial score (nSPS) is 10.6. The van der Waals surface area contributed by atoms with Gasteiger partial charge in [-0.05, 0) is 18.2 Å². The molecule has 0 fully saturated rings. The van der Waals surface area contributed by atoms with Gasteiger partial charge in [-0.3, -0.25) is 0 Å². The van der Waals surface area contributed by atoms with Gasteiger partial charge < -0.3 is 4.98 Å². The van der Waals surface area contributed by atoms with Gasteiger partial charge in [0.1, 0.15) is 0 Å². The molecule has 1 aromatic carbocycles. The van der Waals surface area contributed by atoms with Crippen LogP contribution in [0.3, 0.4) is 0 Å². The molecule has 0 atom stereocenters. The summed E-state index contributed by atoms with van der Waals surface area (Å²) in [6, 6.07) is 10.7. The summed E-state index contributed by atoms with van der Waals surface area (Å²) < 4.78 is 0. The van der Waals surface area contributed by atoms with Crippen LogP contribution in [0.5, 0.6) is 0 Å². The minimum atomic E-state index is -0.480. The van der Waals surface area contributed by atoms with Crippen LogP contribution in [0.25, 0.3) is 0 Å². The maximum absolute atomic E-state index is 3.55. The summed E-state index contributed by atoms with van der Waals surface area (Å²) in [4.78, 5) is 3.55. The lowest BCUT2D eigenvalue weighted by molar-refractivity contribution is 0.856. The SMILES string of the molecule is CCCN[Si](C)c1ccccc1. The highest BCUT2D eigenvalue weighted by Gasteiger charge is 2.04. The Labute approximate surface area is 76.5 Å². The molecule has 65 valence electrons. The fourth-order valence-electron chi connectivity index (χ4n) is 1.10. The first-order chi connectivity index (χ1) is 5.84. The molecular formula is C10H16NSi. The molecule has 1 N–H and O–H groups in total. The van der Waals surface area contributed by atoms with Crippen molar-refractivity contribution in [1.82, 2.24) is 4.98 Å². The molecule has 0 aromatic heterocycles. The molecule has 0 spiro atoms. The molecule has 0 heterocycles. The van der Waals surface area contributed by atoms with Gasteiger partial charge in [0, 0.05) is 0 Å². The van der Waals surface area contributed by atoms with Crippen molar-refractivity contribution >= 4 is 14.1 Å². The second kappa shape index (κ2) is 5.12. The van der Waals surface area contributed by atoms with Crippen LogP contribution in [0.1, 0.15) is 13.3 Å². The van der Waals surface area contributed by atoms with Gasteiger partial charge in [0.25, 0.3) is 0 Å². The monoisotopic (exact) mass is 178 g/mol. The van der Waals surface area contributed by atoms with E-state index in [0.717, 1.165) is 6.54 Å². The minimum Gasteiger partial charge on any atom is -0.335 e. The highest BCUT2D eigenvalue weighted by Crippen LogP contribution is 1.85. The molecule has 1 rings (SSSR count). The number of hydrogen-bond acceptors (Lipinski definition) is 1. The van der Waals surface area contributed by atoms with Crippen LogP contribution in [0.4, 0.5) is 0 Å². The first-order valence-electron chi connectivity index (χ1n) is 4.47. The zero-order valence-electron chi connectivity index (χ0n) is 7.80. The predicted octanol–water partition coefficient (Wildman–Crippen LogP) is 1.51. The van der Waals surface area contributed by atoms with Crippen molar-refractivity contribution in [2.24, 2.45) is 0 Å². The van der Waals surface area contributed by atoms with Crippen LogP contribution in [0, 0.1) is 0 Å². The van der Waals surface area contributed by atoms with Crippen LogP contribution in [0.15, 0.2) is 30.3 Å². The Balaban J connectivity index is 2.48. The summed E-state index contributed by atoms with van der Waals surface area (Å²) in [7, 11) is -0.480. The van der Waals surface area contributed by atoms with Gasteiger partial charge in [0.15, 0.2) is 8.96 Å². The van der Waals surface area contributed by atoms with Crippen molar-refractivity contribution in [2.45, 2.75) is 19.9 Å². The van der Waals surface area contributed by atoms with Crippen LogP contribution in [0.2, 0.25) is 6.55 Å². The standard InChI is InChI=1S/C10H16NSi/c1-3-9-11-12(2)10-7-5-4-6-8-10/h4-8,11H,3,9H2,1-2H3. The van der Waals surface area contributed by atoms with Crippen molar-refractivity contribution in [2.75, 3.05) is 6.54 Å². The Morgan fingerprint density at radius 3 is 2.50 bits per heavy atom. The Hall–Kier alpha value is -0.603. The lowest BCUT2D eigenvalue weighted by Crippen LogP contribution is -2.42. The smallest absolute Gasteiger partial charge is 0.166 e. The van der Waals surface area contributed by atoms with E-state index in [1.54, 1.807) is 0 Å². The van der Waals surface area contributed by atoms with E-state index in [-0.39, 0.29) is 0 Å². The summed E-state index contributed by atoms with van der Waals surface area (Å²) in [6.07, 6.45) is 1.22. The highest BCUT2D eigenvalue weighted by atomic mass is 28.3. The topological polar surface area (TPSA) is 12.0 Å². The van der Waals surface area contributed by atoms with Crippen molar-refractivity contribution in [3.8, 4) is 0 Å². The van der Waals surface area contributed by atoms with Crippen LogP contribution >= 0.6 is 0 Å². The Kier molecular flexibility index (Phi) is 4.04. The highest BCUT2D eigenvalue weighted by molar-refractivity contribution is 6.69. The molecule has 0 aliphatic rings. The van der Waals surface area contributed by atoms with E-state index < -0.39 is 8.96 Å². The molecule has 0 bridgehead atoms. The van der Waals surface area contributed by atoms with Crippen LogP contribution in [-0.4, -0.2) is 15.5 Å². The molecule has 1 radical (unpaired) electrons. The minimum absolute atomic E-state index is 0.480. The number of nitrogens with one attached hydrogen (secondary N) is 1. The fourth-order valence-corrected chi connectivity index (χ4v) is 2.62. The van der Waals surface area contributed by atoms with E-state index in [1.807, 2.05) is 0 Å². The Morgan fingerprint density at radius 1 is 1.25 bits per heavy atom. The molecule has 0 saturated heterocycles.